The molecule has 0 amide bonds. The van der Waals surface area contributed by atoms with Gasteiger partial charge in [0.15, 0.2) is 0 Å². The van der Waals surface area contributed by atoms with E-state index < -0.39 is 0 Å². The van der Waals surface area contributed by atoms with Gasteiger partial charge in [-0.2, -0.15) is 0 Å². The SMILES string of the molecule is CCC1C=C(Cl)C(OC)=CC1. The van der Waals surface area contributed by atoms with E-state index in [1.54, 1.807) is 7.11 Å². The van der Waals surface area contributed by atoms with Crippen molar-refractivity contribution >= 4 is 11.6 Å². The second kappa shape index (κ2) is 3.82. The van der Waals surface area contributed by atoms with Gasteiger partial charge < -0.3 is 4.74 Å². The third-order valence-electron chi connectivity index (χ3n) is 1.97. The van der Waals surface area contributed by atoms with Gasteiger partial charge in [0, 0.05) is 0 Å². The highest BCUT2D eigenvalue weighted by Crippen LogP contribution is 2.27. The Labute approximate surface area is 72.7 Å². The molecule has 0 fully saturated rings. The van der Waals surface area contributed by atoms with E-state index in [1.807, 2.05) is 0 Å². The first-order valence-electron chi connectivity index (χ1n) is 3.89. The summed E-state index contributed by atoms with van der Waals surface area (Å²) in [5.41, 5.74) is 0. The van der Waals surface area contributed by atoms with Crippen LogP contribution in [0.4, 0.5) is 0 Å². The highest BCUT2D eigenvalue weighted by atomic mass is 35.5. The monoisotopic (exact) mass is 172 g/mol. The lowest BCUT2D eigenvalue weighted by Crippen LogP contribution is -2.01. The van der Waals surface area contributed by atoms with Crippen LogP contribution in [-0.2, 0) is 4.74 Å². The van der Waals surface area contributed by atoms with Crippen LogP contribution in [0.5, 0.6) is 0 Å². The molecule has 1 aliphatic carbocycles. The minimum atomic E-state index is 0.599. The Kier molecular flexibility index (Phi) is 3.01. The fourth-order valence-electron chi connectivity index (χ4n) is 1.18. The fraction of sp³-hybridized carbons (Fsp3) is 0.556. The maximum Gasteiger partial charge on any atom is 0.133 e. The Morgan fingerprint density at radius 2 is 2.45 bits per heavy atom. The van der Waals surface area contributed by atoms with Gasteiger partial charge in [-0.15, -0.1) is 0 Å². The van der Waals surface area contributed by atoms with E-state index in [9.17, 15) is 0 Å². The quantitative estimate of drug-likeness (QED) is 0.622. The first-order chi connectivity index (χ1) is 5.27. The molecule has 0 saturated heterocycles. The highest BCUT2D eigenvalue weighted by Gasteiger charge is 2.12. The lowest BCUT2D eigenvalue weighted by molar-refractivity contribution is 0.298. The van der Waals surface area contributed by atoms with E-state index in [-0.39, 0.29) is 0 Å². The molecule has 0 radical (unpaired) electrons. The summed E-state index contributed by atoms with van der Waals surface area (Å²) in [4.78, 5) is 0. The molecule has 0 heterocycles. The topological polar surface area (TPSA) is 9.23 Å². The molecular weight excluding hydrogens is 160 g/mol. The molecular formula is C9H13ClO. The van der Waals surface area contributed by atoms with Gasteiger partial charge in [-0.05, 0) is 24.8 Å². The lowest BCUT2D eigenvalue weighted by Gasteiger charge is -2.15. The number of hydrogen-bond acceptors (Lipinski definition) is 1. The van der Waals surface area contributed by atoms with Crippen molar-refractivity contribution in [2.24, 2.45) is 5.92 Å². The highest BCUT2D eigenvalue weighted by molar-refractivity contribution is 6.31. The molecule has 0 spiro atoms. The normalized spacial score (nSPS) is 24.1. The summed E-state index contributed by atoms with van der Waals surface area (Å²) < 4.78 is 5.06. The molecule has 1 aliphatic rings. The molecule has 1 rings (SSSR count). The van der Waals surface area contributed by atoms with Crippen molar-refractivity contribution in [3.05, 3.63) is 22.9 Å². The average Bonchev–Trinajstić information content (AvgIpc) is 2.04. The van der Waals surface area contributed by atoms with Gasteiger partial charge >= 0.3 is 0 Å². The van der Waals surface area contributed by atoms with E-state index >= 15 is 0 Å². The molecule has 62 valence electrons. The van der Waals surface area contributed by atoms with Gasteiger partial charge in [0.25, 0.3) is 0 Å². The second-order valence-electron chi connectivity index (χ2n) is 2.69. The summed E-state index contributed by atoms with van der Waals surface area (Å²) in [5, 5.41) is 0.755. The van der Waals surface area contributed by atoms with Crippen molar-refractivity contribution in [1.82, 2.24) is 0 Å². The minimum absolute atomic E-state index is 0.599. The van der Waals surface area contributed by atoms with Crippen LogP contribution in [-0.4, -0.2) is 7.11 Å². The van der Waals surface area contributed by atoms with Crippen molar-refractivity contribution in [2.45, 2.75) is 19.8 Å². The minimum Gasteiger partial charge on any atom is -0.496 e. The Balaban J connectivity index is 2.66. The van der Waals surface area contributed by atoms with E-state index in [2.05, 4.69) is 19.1 Å². The van der Waals surface area contributed by atoms with Crippen LogP contribution in [0.2, 0.25) is 0 Å². The maximum atomic E-state index is 5.92. The van der Waals surface area contributed by atoms with Gasteiger partial charge in [0.05, 0.1) is 12.1 Å². The number of rotatable bonds is 2. The third-order valence-corrected chi connectivity index (χ3v) is 2.28. The number of ether oxygens (including phenoxy) is 1. The van der Waals surface area contributed by atoms with E-state index in [0.717, 1.165) is 23.6 Å². The zero-order valence-electron chi connectivity index (χ0n) is 6.93. The summed E-state index contributed by atoms with van der Waals surface area (Å²) >= 11 is 5.92. The Bertz CT molecular complexity index is 194. The fourth-order valence-corrected chi connectivity index (χ4v) is 1.51. The summed E-state index contributed by atoms with van der Waals surface area (Å²) in [6.45, 7) is 2.16. The van der Waals surface area contributed by atoms with Crippen molar-refractivity contribution < 1.29 is 4.74 Å². The van der Waals surface area contributed by atoms with Crippen molar-refractivity contribution in [1.29, 1.82) is 0 Å². The van der Waals surface area contributed by atoms with Crippen molar-refractivity contribution in [3.8, 4) is 0 Å². The number of halogens is 1. The van der Waals surface area contributed by atoms with E-state index in [4.69, 9.17) is 16.3 Å². The van der Waals surface area contributed by atoms with E-state index in [0.29, 0.717) is 5.92 Å². The molecule has 0 bridgehead atoms. The van der Waals surface area contributed by atoms with Crippen molar-refractivity contribution in [2.75, 3.05) is 7.11 Å². The van der Waals surface area contributed by atoms with Crippen molar-refractivity contribution in [3.63, 3.8) is 0 Å². The Morgan fingerprint density at radius 3 is 2.91 bits per heavy atom. The number of allylic oxidation sites excluding steroid dienone is 3. The van der Waals surface area contributed by atoms with Gasteiger partial charge in [-0.3, -0.25) is 0 Å². The maximum absolute atomic E-state index is 5.92. The molecule has 0 saturated carbocycles. The van der Waals surface area contributed by atoms with Gasteiger partial charge in [-0.1, -0.05) is 24.6 Å². The summed E-state index contributed by atoms with van der Waals surface area (Å²) in [6.07, 6.45) is 6.32. The van der Waals surface area contributed by atoms with Crippen LogP contribution in [0.1, 0.15) is 19.8 Å². The van der Waals surface area contributed by atoms with Crippen LogP contribution >= 0.6 is 11.6 Å². The summed E-state index contributed by atoms with van der Waals surface area (Å²) in [5.74, 6) is 1.41. The molecule has 1 atom stereocenters. The largest absolute Gasteiger partial charge is 0.496 e. The first kappa shape index (κ1) is 8.66. The molecule has 11 heavy (non-hydrogen) atoms. The van der Waals surface area contributed by atoms with Gasteiger partial charge in [0.1, 0.15) is 5.76 Å². The summed E-state index contributed by atoms with van der Waals surface area (Å²) in [7, 11) is 1.65. The zero-order chi connectivity index (χ0) is 8.27. The Morgan fingerprint density at radius 1 is 1.73 bits per heavy atom. The zero-order valence-corrected chi connectivity index (χ0v) is 7.69. The molecule has 0 aromatic rings. The van der Waals surface area contributed by atoms with Gasteiger partial charge in [0.2, 0.25) is 0 Å². The van der Waals surface area contributed by atoms with Crippen LogP contribution in [0, 0.1) is 5.92 Å². The molecule has 2 heteroatoms. The van der Waals surface area contributed by atoms with E-state index in [1.165, 1.54) is 0 Å². The number of hydrogen-bond donors (Lipinski definition) is 0. The molecule has 0 aromatic carbocycles. The van der Waals surface area contributed by atoms with Crippen LogP contribution in [0.15, 0.2) is 22.9 Å². The number of methoxy groups -OCH3 is 1. The molecule has 1 unspecified atom stereocenters. The predicted octanol–water partition coefficient (Wildman–Crippen LogP) is 3.07. The first-order valence-corrected chi connectivity index (χ1v) is 4.27. The second-order valence-corrected chi connectivity index (χ2v) is 3.10. The molecule has 0 aromatic heterocycles. The van der Waals surface area contributed by atoms with Crippen LogP contribution < -0.4 is 0 Å². The predicted molar refractivity (Wildman–Crippen MR) is 47.4 cm³/mol. The Hall–Kier alpha value is -0.430. The lowest BCUT2D eigenvalue weighted by atomic mass is 9.97. The summed E-state index contributed by atoms with van der Waals surface area (Å²) in [6, 6.07) is 0. The van der Waals surface area contributed by atoms with Gasteiger partial charge in [-0.25, -0.2) is 0 Å². The standard InChI is InChI=1S/C9H13ClO/c1-3-7-4-5-9(11-2)8(10)6-7/h5-7H,3-4H2,1-2H3. The molecule has 0 N–H and O–H groups in total. The van der Waals surface area contributed by atoms with Crippen LogP contribution in [0.3, 0.4) is 0 Å². The third kappa shape index (κ3) is 2.00. The smallest absolute Gasteiger partial charge is 0.133 e. The van der Waals surface area contributed by atoms with Crippen LogP contribution in [0.25, 0.3) is 0 Å². The molecule has 0 aliphatic heterocycles. The average molecular weight is 173 g/mol. The molecule has 1 nitrogen and oxygen atoms in total.